The summed E-state index contributed by atoms with van der Waals surface area (Å²) in [6, 6.07) is 12.2. The highest BCUT2D eigenvalue weighted by Crippen LogP contribution is 2.10. The minimum absolute atomic E-state index is 1.10. The van der Waals surface area contributed by atoms with E-state index in [1.807, 2.05) is 76.9 Å². The topological polar surface area (TPSA) is 64.5 Å². The van der Waals surface area contributed by atoms with Gasteiger partial charge >= 0.3 is 0 Å². The molecule has 5 heterocycles. The molecule has 234 valence electrons. The standard InChI is InChI=1S/C9H13N.2C8H11N.2C7H9N/c1-6-5-7(2)10-9(4)8(6)3;1-6-4-8(3)9-5-7(6)2;1-6-4-5-9-8(3)7(6)2;1-6-3-4-8-5-7(6)2;1-6-4-3-5-8-7(6)2/h5H,1-4H3;2*4-5H,1-3H3;2*3-5H,1-2H3. The van der Waals surface area contributed by atoms with E-state index in [9.17, 15) is 0 Å². The van der Waals surface area contributed by atoms with E-state index in [-0.39, 0.29) is 0 Å². The fraction of sp³-hybridized carbons (Fsp3) is 0.359. The predicted molar refractivity (Wildman–Crippen MR) is 188 cm³/mol. The van der Waals surface area contributed by atoms with E-state index in [0.29, 0.717) is 0 Å². The maximum Gasteiger partial charge on any atom is 0.0407 e. The molecule has 0 aromatic carbocycles. The molecule has 0 aliphatic rings. The van der Waals surface area contributed by atoms with Crippen LogP contribution < -0.4 is 0 Å². The minimum Gasteiger partial charge on any atom is -0.264 e. The Bertz CT molecular complexity index is 1480. The fourth-order valence-electron chi connectivity index (χ4n) is 3.73. The van der Waals surface area contributed by atoms with Crippen molar-refractivity contribution < 1.29 is 0 Å². The molecule has 0 bridgehead atoms. The van der Waals surface area contributed by atoms with E-state index >= 15 is 0 Å². The van der Waals surface area contributed by atoms with Crippen LogP contribution in [0.25, 0.3) is 0 Å². The van der Waals surface area contributed by atoms with Gasteiger partial charge in [-0.1, -0.05) is 6.07 Å². The summed E-state index contributed by atoms with van der Waals surface area (Å²) in [5.74, 6) is 0. The van der Waals surface area contributed by atoms with E-state index in [4.69, 9.17) is 0 Å². The molecule has 0 aliphatic heterocycles. The molecule has 0 unspecified atom stereocenters. The first kappa shape index (κ1) is 37.8. The SMILES string of the molecule is Cc1cc(C)c(C)c(C)n1.Cc1cc(C)c(C)cn1.Cc1cccnc1C.Cc1ccnc(C)c1C.Cc1ccncc1C. The summed E-state index contributed by atoms with van der Waals surface area (Å²) in [4.78, 5) is 20.6. The average molecular weight is 592 g/mol. The third-order valence-electron chi connectivity index (χ3n) is 7.71. The van der Waals surface area contributed by atoms with Gasteiger partial charge in [0.15, 0.2) is 0 Å². The maximum absolute atomic E-state index is 4.33. The van der Waals surface area contributed by atoms with Gasteiger partial charge in [-0.05, 0) is 177 Å². The van der Waals surface area contributed by atoms with Gasteiger partial charge in [-0.3, -0.25) is 24.9 Å². The van der Waals surface area contributed by atoms with Crippen LogP contribution in [-0.2, 0) is 0 Å². The Morgan fingerprint density at radius 3 is 1.39 bits per heavy atom. The molecule has 5 aromatic heterocycles. The van der Waals surface area contributed by atoms with Gasteiger partial charge in [0.2, 0.25) is 0 Å². The second-order valence-corrected chi connectivity index (χ2v) is 11.4. The summed E-state index contributed by atoms with van der Waals surface area (Å²) in [7, 11) is 0. The van der Waals surface area contributed by atoms with Gasteiger partial charge < -0.3 is 0 Å². The van der Waals surface area contributed by atoms with Crippen molar-refractivity contribution in [2.24, 2.45) is 0 Å². The second-order valence-electron chi connectivity index (χ2n) is 11.4. The maximum atomic E-state index is 4.33. The van der Waals surface area contributed by atoms with Crippen LogP contribution in [0.1, 0.15) is 78.5 Å². The first-order valence-electron chi connectivity index (χ1n) is 15.1. The summed E-state index contributed by atoms with van der Waals surface area (Å²) in [5, 5.41) is 0. The lowest BCUT2D eigenvalue weighted by Gasteiger charge is -2.03. The highest BCUT2D eigenvalue weighted by molar-refractivity contribution is 5.29. The van der Waals surface area contributed by atoms with Gasteiger partial charge in [0.25, 0.3) is 0 Å². The number of hydrogen-bond acceptors (Lipinski definition) is 5. The Kier molecular flexibility index (Phi) is 16.4. The van der Waals surface area contributed by atoms with Gasteiger partial charge in [-0.25, -0.2) is 0 Å². The minimum atomic E-state index is 1.10. The largest absolute Gasteiger partial charge is 0.264 e. The zero-order chi connectivity index (χ0) is 33.4. The highest BCUT2D eigenvalue weighted by atomic mass is 14.7. The third-order valence-corrected chi connectivity index (χ3v) is 7.71. The molecule has 0 amide bonds. The summed E-state index contributed by atoms with van der Waals surface area (Å²) in [6.45, 7) is 28.9. The molecule has 44 heavy (non-hydrogen) atoms. The van der Waals surface area contributed by atoms with Crippen molar-refractivity contribution in [1.29, 1.82) is 0 Å². The number of pyridine rings is 5. The van der Waals surface area contributed by atoms with Gasteiger partial charge in [0.1, 0.15) is 0 Å². The molecule has 0 saturated heterocycles. The Labute approximate surface area is 267 Å². The fourth-order valence-corrected chi connectivity index (χ4v) is 3.73. The van der Waals surface area contributed by atoms with Crippen molar-refractivity contribution in [2.75, 3.05) is 0 Å². The van der Waals surface area contributed by atoms with Crippen LogP contribution in [-0.4, -0.2) is 24.9 Å². The predicted octanol–water partition coefficient (Wildman–Crippen LogP) is 9.73. The van der Waals surface area contributed by atoms with E-state index in [2.05, 4.69) is 112 Å². The highest BCUT2D eigenvalue weighted by Gasteiger charge is 1.97. The van der Waals surface area contributed by atoms with Crippen molar-refractivity contribution >= 4 is 0 Å². The third kappa shape index (κ3) is 13.8. The van der Waals surface area contributed by atoms with E-state index < -0.39 is 0 Å². The van der Waals surface area contributed by atoms with E-state index in [1.165, 1.54) is 50.1 Å². The van der Waals surface area contributed by atoms with Crippen LogP contribution in [0.15, 0.2) is 67.4 Å². The Morgan fingerprint density at radius 2 is 0.955 bits per heavy atom. The van der Waals surface area contributed by atoms with Crippen molar-refractivity contribution in [3.05, 3.63) is 146 Å². The lowest BCUT2D eigenvalue weighted by atomic mass is 10.1. The molecule has 5 aromatic rings. The second kappa shape index (κ2) is 19.1. The van der Waals surface area contributed by atoms with Crippen molar-refractivity contribution in [3.8, 4) is 0 Å². The molecular weight excluding hydrogens is 538 g/mol. The van der Waals surface area contributed by atoms with Crippen LogP contribution in [0.5, 0.6) is 0 Å². The summed E-state index contributed by atoms with van der Waals surface area (Å²) < 4.78 is 0. The van der Waals surface area contributed by atoms with Gasteiger partial charge in [0, 0.05) is 59.5 Å². The molecule has 0 saturated carbocycles. The van der Waals surface area contributed by atoms with Crippen molar-refractivity contribution in [1.82, 2.24) is 24.9 Å². The number of rotatable bonds is 0. The van der Waals surface area contributed by atoms with Crippen LogP contribution in [0.4, 0.5) is 0 Å². The molecule has 0 radical (unpaired) electrons. The quantitative estimate of drug-likeness (QED) is 0.179. The van der Waals surface area contributed by atoms with Crippen LogP contribution >= 0.6 is 0 Å². The number of aromatic nitrogens is 5. The van der Waals surface area contributed by atoms with Gasteiger partial charge in [-0.2, -0.15) is 0 Å². The normalized spacial score (nSPS) is 9.59. The number of nitrogens with zero attached hydrogens (tertiary/aromatic N) is 5. The Morgan fingerprint density at radius 1 is 0.386 bits per heavy atom. The molecule has 0 N–H and O–H groups in total. The molecule has 0 fully saturated rings. The summed E-state index contributed by atoms with van der Waals surface area (Å²) >= 11 is 0. The molecule has 0 atom stereocenters. The number of hydrogen-bond donors (Lipinski definition) is 0. The molecule has 5 nitrogen and oxygen atoms in total. The monoisotopic (exact) mass is 591 g/mol. The average Bonchev–Trinajstić information content (AvgIpc) is 2.97. The van der Waals surface area contributed by atoms with E-state index in [1.54, 1.807) is 0 Å². The van der Waals surface area contributed by atoms with Crippen molar-refractivity contribution in [2.45, 2.75) is 96.9 Å². The lowest BCUT2D eigenvalue weighted by molar-refractivity contribution is 1.07. The van der Waals surface area contributed by atoms with Crippen LogP contribution in [0.2, 0.25) is 0 Å². The lowest BCUT2D eigenvalue weighted by Crippen LogP contribution is -1.92. The van der Waals surface area contributed by atoms with Crippen molar-refractivity contribution in [3.63, 3.8) is 0 Å². The molecule has 0 spiro atoms. The summed E-state index contributed by atoms with van der Waals surface area (Å²) in [6.07, 6.45) is 9.24. The smallest absolute Gasteiger partial charge is 0.0407 e. The Balaban J connectivity index is 0.000000276. The van der Waals surface area contributed by atoms with Crippen LogP contribution in [0.3, 0.4) is 0 Å². The molecule has 5 rings (SSSR count). The van der Waals surface area contributed by atoms with E-state index in [0.717, 1.165) is 28.5 Å². The van der Waals surface area contributed by atoms with Crippen LogP contribution in [0, 0.1) is 96.9 Å². The Hall–Kier alpha value is -4.25. The summed E-state index contributed by atoms with van der Waals surface area (Å²) in [5.41, 5.74) is 17.3. The molecule has 5 heteroatoms. The van der Waals surface area contributed by atoms with Gasteiger partial charge in [0.05, 0.1) is 0 Å². The first-order valence-corrected chi connectivity index (χ1v) is 15.1. The molecular formula is C39H53N5. The van der Waals surface area contributed by atoms with Gasteiger partial charge in [-0.15, -0.1) is 0 Å². The first-order chi connectivity index (χ1) is 20.6. The molecule has 0 aliphatic carbocycles. The zero-order valence-corrected chi connectivity index (χ0v) is 29.6. The zero-order valence-electron chi connectivity index (χ0n) is 29.6. The number of aryl methyl sites for hydroxylation is 12.